The number of rotatable bonds is 9. The zero-order chi connectivity index (χ0) is 40.1. The van der Waals surface area contributed by atoms with Crippen LogP contribution in [0, 0.1) is 0 Å². The van der Waals surface area contributed by atoms with Crippen molar-refractivity contribution in [3.63, 3.8) is 0 Å². The first-order chi connectivity index (χ1) is 29.7. The summed E-state index contributed by atoms with van der Waals surface area (Å²) in [5.41, 5.74) is 13.9. The predicted octanol–water partition coefficient (Wildman–Crippen LogP) is 12.5. The van der Waals surface area contributed by atoms with Gasteiger partial charge in [0, 0.05) is 34.0 Å². The van der Waals surface area contributed by atoms with Crippen LogP contribution < -0.4 is 0 Å². The van der Waals surface area contributed by atoms with Gasteiger partial charge in [-0.2, -0.15) is 0 Å². The number of aromatic nitrogens is 7. The van der Waals surface area contributed by atoms with E-state index in [1.54, 1.807) is 6.20 Å². The van der Waals surface area contributed by atoms with Crippen molar-refractivity contribution in [2.45, 2.75) is 0 Å². The van der Waals surface area contributed by atoms with E-state index < -0.39 is 0 Å². The summed E-state index contributed by atoms with van der Waals surface area (Å²) in [6, 6.07) is 69.1. The monoisotopic (exact) mass is 769 g/mol. The lowest BCUT2D eigenvalue weighted by atomic mass is 10.00. The van der Waals surface area contributed by atoms with Gasteiger partial charge in [-0.05, 0) is 59.7 Å². The van der Waals surface area contributed by atoms with Crippen LogP contribution in [0.25, 0.3) is 102 Å². The Morgan fingerprint density at radius 1 is 0.200 bits per heavy atom. The Labute approximate surface area is 347 Å². The van der Waals surface area contributed by atoms with Crippen LogP contribution in [0.15, 0.2) is 212 Å². The quantitative estimate of drug-likeness (QED) is 0.144. The molecule has 282 valence electrons. The molecule has 10 rings (SSSR count). The van der Waals surface area contributed by atoms with Gasteiger partial charge in [0.1, 0.15) is 5.69 Å². The largest absolute Gasteiger partial charge is 0.255 e. The van der Waals surface area contributed by atoms with Crippen molar-refractivity contribution in [1.82, 2.24) is 34.9 Å². The number of benzene rings is 5. The van der Waals surface area contributed by atoms with Crippen molar-refractivity contribution in [2.24, 2.45) is 0 Å². The second-order valence-corrected chi connectivity index (χ2v) is 14.2. The summed E-state index contributed by atoms with van der Waals surface area (Å²) in [5, 5.41) is 0. The Hall–Kier alpha value is -8.29. The van der Waals surface area contributed by atoms with Gasteiger partial charge in [0.15, 0.2) is 11.6 Å². The molecule has 0 aliphatic rings. The molecule has 0 fully saturated rings. The minimum Gasteiger partial charge on any atom is -0.255 e. The molecule has 0 radical (unpaired) electrons. The molecule has 7 heteroatoms. The highest BCUT2D eigenvalue weighted by molar-refractivity contribution is 5.79. The number of hydrogen-bond donors (Lipinski definition) is 0. The third-order valence-corrected chi connectivity index (χ3v) is 10.2. The maximum atomic E-state index is 5.15. The van der Waals surface area contributed by atoms with Crippen molar-refractivity contribution in [3.8, 4) is 102 Å². The zero-order valence-electron chi connectivity index (χ0n) is 32.3. The highest BCUT2D eigenvalue weighted by Gasteiger charge is 2.16. The maximum Gasteiger partial charge on any atom is 0.179 e. The lowest BCUT2D eigenvalue weighted by Gasteiger charge is -2.12. The number of pyridine rings is 3. The lowest BCUT2D eigenvalue weighted by Crippen LogP contribution is -1.99. The Balaban J connectivity index is 1.05. The minimum atomic E-state index is 0.532. The number of hydrogen-bond acceptors (Lipinski definition) is 7. The van der Waals surface area contributed by atoms with E-state index >= 15 is 0 Å². The average Bonchev–Trinajstić information content (AvgIpc) is 3.35. The molecule has 0 saturated carbocycles. The molecule has 5 aromatic carbocycles. The molecule has 5 heterocycles. The molecule has 0 saturated heterocycles. The highest BCUT2D eigenvalue weighted by atomic mass is 14.9. The molecule has 5 aromatic heterocycles. The van der Waals surface area contributed by atoms with Crippen LogP contribution in [0.3, 0.4) is 0 Å². The van der Waals surface area contributed by atoms with Gasteiger partial charge >= 0.3 is 0 Å². The molecular weight excluding hydrogens is 735 g/mol. The van der Waals surface area contributed by atoms with E-state index in [1.165, 1.54) is 0 Å². The van der Waals surface area contributed by atoms with Crippen molar-refractivity contribution in [3.05, 3.63) is 212 Å². The number of nitrogens with zero attached hydrogens (tertiary/aromatic N) is 7. The van der Waals surface area contributed by atoms with Gasteiger partial charge in [0.05, 0.1) is 45.6 Å². The normalized spacial score (nSPS) is 11.0. The van der Waals surface area contributed by atoms with Crippen molar-refractivity contribution < 1.29 is 0 Å². The van der Waals surface area contributed by atoms with Gasteiger partial charge in [0.25, 0.3) is 0 Å². The summed E-state index contributed by atoms with van der Waals surface area (Å²) in [6.45, 7) is 0. The summed E-state index contributed by atoms with van der Waals surface area (Å²) >= 11 is 0. The summed E-state index contributed by atoms with van der Waals surface area (Å²) < 4.78 is 0. The summed E-state index contributed by atoms with van der Waals surface area (Å²) in [7, 11) is 0. The average molecular weight is 770 g/mol. The second-order valence-electron chi connectivity index (χ2n) is 14.2. The van der Waals surface area contributed by atoms with Crippen LogP contribution >= 0.6 is 0 Å². The molecule has 0 N–H and O–H groups in total. The van der Waals surface area contributed by atoms with Crippen molar-refractivity contribution >= 4 is 0 Å². The molecule has 0 spiro atoms. The van der Waals surface area contributed by atoms with Gasteiger partial charge in [-0.1, -0.05) is 158 Å². The second kappa shape index (κ2) is 16.3. The molecule has 60 heavy (non-hydrogen) atoms. The molecule has 7 nitrogen and oxygen atoms in total. The maximum absolute atomic E-state index is 5.15. The lowest BCUT2D eigenvalue weighted by molar-refractivity contribution is 1.14. The van der Waals surface area contributed by atoms with Crippen LogP contribution in [0.5, 0.6) is 0 Å². The molecular formula is C53H35N7. The fraction of sp³-hybridized carbons (Fsp3) is 0. The van der Waals surface area contributed by atoms with E-state index in [9.17, 15) is 0 Å². The van der Waals surface area contributed by atoms with E-state index in [2.05, 4.69) is 83.8 Å². The zero-order valence-corrected chi connectivity index (χ0v) is 32.3. The van der Waals surface area contributed by atoms with Crippen LogP contribution in [0.1, 0.15) is 0 Å². The first-order valence-electron chi connectivity index (χ1n) is 19.7. The smallest absolute Gasteiger partial charge is 0.179 e. The van der Waals surface area contributed by atoms with E-state index in [0.29, 0.717) is 28.7 Å². The molecule has 0 amide bonds. The standard InChI is InChI=1S/C53H35N7/c1-5-16-37(17-6-1)46-34-49(58-52(57-46)41-22-11-4-12-23-41)40-29-27-36(28-30-40)42-32-50(43-24-13-14-31-54-43)56-51(33-42)44-25-15-26-45(55-44)53-59-47(38-18-7-2-8-19-38)35-48(60-53)39-20-9-3-10-21-39/h1-35H. The summed E-state index contributed by atoms with van der Waals surface area (Å²) in [4.78, 5) is 35.0. The molecule has 0 atom stereocenters. The fourth-order valence-electron chi connectivity index (χ4n) is 7.15. The van der Waals surface area contributed by atoms with E-state index in [-0.39, 0.29) is 0 Å². The van der Waals surface area contributed by atoms with Crippen molar-refractivity contribution in [1.29, 1.82) is 0 Å². The molecule has 0 aliphatic carbocycles. The highest BCUT2D eigenvalue weighted by Crippen LogP contribution is 2.33. The van der Waals surface area contributed by atoms with Crippen molar-refractivity contribution in [2.75, 3.05) is 0 Å². The van der Waals surface area contributed by atoms with Crippen LogP contribution in [0.2, 0.25) is 0 Å². The first-order valence-corrected chi connectivity index (χ1v) is 19.7. The van der Waals surface area contributed by atoms with Gasteiger partial charge in [-0.25, -0.2) is 29.9 Å². The Kier molecular flexibility index (Phi) is 9.79. The van der Waals surface area contributed by atoms with E-state index in [4.69, 9.17) is 29.9 Å². The molecule has 0 aliphatic heterocycles. The third-order valence-electron chi connectivity index (χ3n) is 10.2. The Morgan fingerprint density at radius 2 is 0.600 bits per heavy atom. The minimum absolute atomic E-state index is 0.532. The van der Waals surface area contributed by atoms with Gasteiger partial charge in [0.2, 0.25) is 0 Å². The summed E-state index contributed by atoms with van der Waals surface area (Å²) in [5.74, 6) is 1.21. The van der Waals surface area contributed by atoms with Crippen LogP contribution in [-0.4, -0.2) is 34.9 Å². The third kappa shape index (κ3) is 7.71. The Morgan fingerprint density at radius 3 is 1.12 bits per heavy atom. The first kappa shape index (κ1) is 36.1. The molecule has 10 aromatic rings. The Bertz CT molecular complexity index is 2940. The summed E-state index contributed by atoms with van der Waals surface area (Å²) in [6.07, 6.45) is 1.79. The van der Waals surface area contributed by atoms with Crippen LogP contribution in [-0.2, 0) is 0 Å². The topological polar surface area (TPSA) is 90.2 Å². The fourth-order valence-corrected chi connectivity index (χ4v) is 7.15. The SMILES string of the molecule is c1ccc(-c2cc(-c3ccc(-c4cc(-c5ccccn5)nc(-c5cccc(-c6nc(-c7ccccc7)cc(-c7ccccc7)n6)n5)c4)cc3)nc(-c3ccccc3)n2)cc1. The van der Waals surface area contributed by atoms with E-state index in [0.717, 1.165) is 73.1 Å². The van der Waals surface area contributed by atoms with Gasteiger partial charge in [-0.15, -0.1) is 0 Å². The predicted molar refractivity (Wildman–Crippen MR) is 240 cm³/mol. The van der Waals surface area contributed by atoms with Gasteiger partial charge in [-0.3, -0.25) is 4.98 Å². The van der Waals surface area contributed by atoms with Gasteiger partial charge < -0.3 is 0 Å². The molecule has 0 unspecified atom stereocenters. The van der Waals surface area contributed by atoms with E-state index in [1.807, 2.05) is 127 Å². The van der Waals surface area contributed by atoms with Crippen LogP contribution in [0.4, 0.5) is 0 Å². The molecule has 0 bridgehead atoms.